The zero-order chi connectivity index (χ0) is 46.1. The van der Waals surface area contributed by atoms with E-state index in [4.69, 9.17) is 37.7 Å². The minimum Gasteiger partial charge on any atom is -0.466 e. The molecule has 340 valence electrons. The summed E-state index contributed by atoms with van der Waals surface area (Å²) in [5.41, 5.74) is 1.97. The molecule has 4 aromatic heterocycles. The number of halogens is 8. The van der Waals surface area contributed by atoms with E-state index in [2.05, 4.69) is 15.0 Å². The minimum absolute atomic E-state index is 0.102. The molecule has 64 heavy (non-hydrogen) atoms. The van der Waals surface area contributed by atoms with Crippen LogP contribution in [0.3, 0.4) is 0 Å². The van der Waals surface area contributed by atoms with Crippen LogP contribution in [0.1, 0.15) is 62.0 Å². The molecule has 6 aromatic rings. The third-order valence-corrected chi connectivity index (χ3v) is 12.0. The smallest absolute Gasteiger partial charge is 0.433 e. The Hall–Kier alpha value is -5.62. The molecule has 0 saturated carbocycles. The predicted octanol–water partition coefficient (Wildman–Crippen LogP) is 10.4. The van der Waals surface area contributed by atoms with Gasteiger partial charge in [-0.25, -0.2) is 19.9 Å². The normalized spacial score (nSPS) is 15.4. The molecule has 0 bridgehead atoms. The second-order valence-corrected chi connectivity index (χ2v) is 16.3. The molecular formula is C44H44Cl2F6N8O4. The number of benzene rings is 2. The maximum Gasteiger partial charge on any atom is 0.433 e. The molecule has 6 heterocycles. The number of hydrogen-bond donors (Lipinski definition) is 0. The molecule has 0 spiro atoms. The summed E-state index contributed by atoms with van der Waals surface area (Å²) in [7, 11) is 0. The number of carbonyl (C=O) groups excluding carboxylic acids is 2. The van der Waals surface area contributed by atoms with E-state index in [-0.39, 0.29) is 35.4 Å². The van der Waals surface area contributed by atoms with Gasteiger partial charge in [0.25, 0.3) is 0 Å². The number of hydrogen-bond acceptors (Lipinski definition) is 10. The number of imidazole rings is 2. The fraction of sp³-hybridized carbons (Fsp3) is 0.409. The molecule has 0 atom stereocenters. The molecule has 20 heteroatoms. The van der Waals surface area contributed by atoms with Gasteiger partial charge < -0.3 is 19.3 Å². The lowest BCUT2D eigenvalue weighted by molar-refractivity contribution is -0.149. The Bertz CT molecular complexity index is 2490. The minimum atomic E-state index is -4.57. The predicted molar refractivity (Wildman–Crippen MR) is 230 cm³/mol. The van der Waals surface area contributed by atoms with Crippen molar-refractivity contribution in [1.82, 2.24) is 29.1 Å². The van der Waals surface area contributed by atoms with E-state index in [0.717, 1.165) is 23.3 Å². The van der Waals surface area contributed by atoms with Crippen molar-refractivity contribution >= 4 is 69.1 Å². The number of aryl methyl sites for hydroxylation is 2. The Balaban J connectivity index is 0.000000191. The van der Waals surface area contributed by atoms with Crippen LogP contribution in [0.25, 0.3) is 33.7 Å². The second-order valence-electron chi connectivity index (χ2n) is 15.5. The molecule has 0 aliphatic carbocycles. The topological polar surface area (TPSA) is 121 Å². The Labute approximate surface area is 374 Å². The first-order chi connectivity index (χ1) is 30.4. The highest BCUT2D eigenvalue weighted by atomic mass is 35.5. The highest BCUT2D eigenvalue weighted by Crippen LogP contribution is 2.36. The van der Waals surface area contributed by atoms with Crippen molar-refractivity contribution in [3.05, 3.63) is 93.2 Å². The lowest BCUT2D eigenvalue weighted by atomic mass is 9.97. The standard InChI is InChI=1S/2C22H22ClF3N4O2/c1-3-32-20(31)14-7-9-29(10-8-14)21-27-16-12-15(23)13(2)11-17(16)30(21)19-6-4-5-18(28-19)22(24,25)26;1-3-32-20(31)14-7-9-29(10-8-14)21-27-16-11-13(2)15(23)12-17(16)30(21)19-6-4-5-18(28-19)22(24,25)26/h2*4-6,11-12,14H,3,7-10H2,1-2H3. The summed E-state index contributed by atoms with van der Waals surface area (Å²) in [6.07, 6.45) is -6.87. The molecule has 0 amide bonds. The van der Waals surface area contributed by atoms with Crippen LogP contribution < -0.4 is 9.80 Å². The van der Waals surface area contributed by atoms with Crippen LogP contribution in [-0.2, 0) is 31.4 Å². The lowest BCUT2D eigenvalue weighted by Crippen LogP contribution is -2.38. The van der Waals surface area contributed by atoms with Crippen LogP contribution in [0, 0.1) is 25.7 Å². The molecule has 2 aliphatic heterocycles. The molecule has 8 rings (SSSR count). The van der Waals surface area contributed by atoms with E-state index in [0.29, 0.717) is 109 Å². The molecule has 0 unspecified atom stereocenters. The van der Waals surface area contributed by atoms with Crippen LogP contribution in [0.2, 0.25) is 10.0 Å². The second kappa shape index (κ2) is 18.8. The molecule has 2 aromatic carbocycles. The summed E-state index contributed by atoms with van der Waals surface area (Å²) >= 11 is 12.6. The number of rotatable bonds is 8. The average Bonchev–Trinajstić information content (AvgIpc) is 3.81. The van der Waals surface area contributed by atoms with E-state index >= 15 is 0 Å². The number of nitrogens with zero attached hydrogens (tertiary/aromatic N) is 8. The van der Waals surface area contributed by atoms with Crippen molar-refractivity contribution in [2.45, 2.75) is 65.7 Å². The van der Waals surface area contributed by atoms with Crippen LogP contribution in [-0.4, -0.2) is 80.4 Å². The third kappa shape index (κ3) is 9.87. The summed E-state index contributed by atoms with van der Waals surface area (Å²) in [6.45, 7) is 9.91. The number of ether oxygens (including phenoxy) is 2. The van der Waals surface area contributed by atoms with Gasteiger partial charge in [-0.15, -0.1) is 0 Å². The molecular weight excluding hydrogens is 889 g/mol. The first-order valence-electron chi connectivity index (χ1n) is 20.7. The maximum absolute atomic E-state index is 13.3. The summed E-state index contributed by atoms with van der Waals surface area (Å²) in [5.74, 6) is 0.313. The van der Waals surface area contributed by atoms with Gasteiger partial charge in [-0.2, -0.15) is 26.3 Å². The van der Waals surface area contributed by atoms with Gasteiger partial charge in [0.1, 0.15) is 23.0 Å². The zero-order valence-electron chi connectivity index (χ0n) is 35.2. The van der Waals surface area contributed by atoms with Crippen molar-refractivity contribution in [1.29, 1.82) is 0 Å². The molecule has 0 radical (unpaired) electrons. The van der Waals surface area contributed by atoms with Gasteiger partial charge in [0.05, 0.1) is 47.1 Å². The van der Waals surface area contributed by atoms with E-state index < -0.39 is 23.7 Å². The molecule has 2 aliphatic rings. The van der Waals surface area contributed by atoms with E-state index in [1.54, 1.807) is 47.2 Å². The first-order valence-corrected chi connectivity index (χ1v) is 21.4. The fourth-order valence-corrected chi connectivity index (χ4v) is 8.13. The van der Waals surface area contributed by atoms with Gasteiger partial charge in [-0.05, 0) is 113 Å². The van der Waals surface area contributed by atoms with Crippen LogP contribution in [0.4, 0.5) is 38.2 Å². The highest BCUT2D eigenvalue weighted by Gasteiger charge is 2.36. The van der Waals surface area contributed by atoms with Crippen LogP contribution in [0.5, 0.6) is 0 Å². The summed E-state index contributed by atoms with van der Waals surface area (Å²) in [5, 5.41) is 1.00. The van der Waals surface area contributed by atoms with Crippen molar-refractivity contribution in [2.24, 2.45) is 11.8 Å². The van der Waals surface area contributed by atoms with E-state index in [1.807, 2.05) is 23.6 Å². The number of carbonyl (C=O) groups is 2. The number of alkyl halides is 6. The van der Waals surface area contributed by atoms with Gasteiger partial charge >= 0.3 is 24.3 Å². The van der Waals surface area contributed by atoms with Gasteiger partial charge in [0.15, 0.2) is 0 Å². The Morgan fingerprint density at radius 3 is 1.42 bits per heavy atom. The van der Waals surface area contributed by atoms with Crippen molar-refractivity contribution in [2.75, 3.05) is 49.2 Å². The number of esters is 2. The number of pyridine rings is 2. The quantitative estimate of drug-likeness (QED) is 0.108. The van der Waals surface area contributed by atoms with Crippen LogP contribution in [0.15, 0.2) is 60.7 Å². The lowest BCUT2D eigenvalue weighted by Gasteiger charge is -2.31. The Morgan fingerprint density at radius 2 is 1.00 bits per heavy atom. The van der Waals surface area contributed by atoms with Crippen molar-refractivity contribution < 1.29 is 45.4 Å². The summed E-state index contributed by atoms with van der Waals surface area (Å²) < 4.78 is 93.4. The summed E-state index contributed by atoms with van der Waals surface area (Å²) in [6, 6.07) is 14.5. The highest BCUT2D eigenvalue weighted by molar-refractivity contribution is 6.32. The first kappa shape index (κ1) is 46.4. The van der Waals surface area contributed by atoms with Crippen LogP contribution >= 0.6 is 23.2 Å². The zero-order valence-corrected chi connectivity index (χ0v) is 36.7. The summed E-state index contributed by atoms with van der Waals surface area (Å²) in [4.78, 5) is 45.2. The largest absolute Gasteiger partial charge is 0.466 e. The maximum atomic E-state index is 13.3. The third-order valence-electron chi connectivity index (χ3n) is 11.1. The fourth-order valence-electron chi connectivity index (χ4n) is 7.82. The number of anilines is 2. The van der Waals surface area contributed by atoms with E-state index in [1.165, 1.54) is 24.3 Å². The average molecular weight is 934 g/mol. The Morgan fingerprint density at radius 1 is 0.609 bits per heavy atom. The van der Waals surface area contributed by atoms with Gasteiger partial charge in [0.2, 0.25) is 11.9 Å². The Kier molecular flexibility index (Phi) is 13.7. The number of piperidine rings is 2. The van der Waals surface area contributed by atoms with E-state index in [9.17, 15) is 35.9 Å². The molecule has 2 saturated heterocycles. The SMILES string of the molecule is CCOC(=O)C1CCN(c2nc3cc(C)c(Cl)cc3n2-c2cccc(C(F)(F)F)n2)CC1.CCOC(=O)C1CCN(c2nc3cc(Cl)c(C)cc3n2-c2cccc(C(F)(F)F)n2)CC1. The monoisotopic (exact) mass is 932 g/mol. The van der Waals surface area contributed by atoms with Gasteiger partial charge in [0, 0.05) is 36.2 Å². The van der Waals surface area contributed by atoms with Crippen molar-refractivity contribution in [3.63, 3.8) is 0 Å². The van der Waals surface area contributed by atoms with Gasteiger partial charge in [-0.3, -0.25) is 18.7 Å². The molecule has 2 fully saturated rings. The number of fused-ring (bicyclic) bond motifs is 2. The molecule has 0 N–H and O–H groups in total. The van der Waals surface area contributed by atoms with Gasteiger partial charge in [-0.1, -0.05) is 35.3 Å². The molecule has 12 nitrogen and oxygen atoms in total. The number of aromatic nitrogens is 6. The van der Waals surface area contributed by atoms with Crippen molar-refractivity contribution in [3.8, 4) is 11.6 Å².